The standard InChI is InChI=1S/C18H19N3O5/c1-3-25-17-10-9-14(11-16(17)21(23)24)13(2)19-20-18(22)12-26-15-7-5-4-6-8-15/h4-11H,3,12H2,1-2H3,(H,20,22)/b19-13-. The van der Waals surface area contributed by atoms with E-state index >= 15 is 0 Å². The van der Waals surface area contributed by atoms with Crippen LogP contribution < -0.4 is 14.9 Å². The SMILES string of the molecule is CCOc1ccc(/C(C)=N\NC(=O)COc2ccccc2)cc1[N+](=O)[O-]. The van der Waals surface area contributed by atoms with Crippen molar-refractivity contribution >= 4 is 17.3 Å². The molecule has 0 unspecified atom stereocenters. The molecule has 0 aromatic heterocycles. The highest BCUT2D eigenvalue weighted by Crippen LogP contribution is 2.28. The Hall–Kier alpha value is -3.42. The minimum absolute atomic E-state index is 0.155. The summed E-state index contributed by atoms with van der Waals surface area (Å²) in [6.07, 6.45) is 0. The number of hydrazone groups is 1. The molecule has 0 aliphatic carbocycles. The van der Waals surface area contributed by atoms with Gasteiger partial charge in [0.25, 0.3) is 5.91 Å². The van der Waals surface area contributed by atoms with Gasteiger partial charge in [-0.15, -0.1) is 0 Å². The van der Waals surface area contributed by atoms with Crippen molar-refractivity contribution in [2.75, 3.05) is 13.2 Å². The van der Waals surface area contributed by atoms with E-state index in [0.29, 0.717) is 23.6 Å². The summed E-state index contributed by atoms with van der Waals surface area (Å²) < 4.78 is 10.5. The third-order valence-electron chi connectivity index (χ3n) is 3.33. The number of ether oxygens (including phenoxy) is 2. The van der Waals surface area contributed by atoms with Crippen molar-refractivity contribution in [3.8, 4) is 11.5 Å². The second-order valence-electron chi connectivity index (χ2n) is 5.21. The van der Waals surface area contributed by atoms with E-state index in [0.717, 1.165) is 0 Å². The van der Waals surface area contributed by atoms with E-state index in [1.54, 1.807) is 44.2 Å². The maximum absolute atomic E-state index is 11.8. The highest BCUT2D eigenvalue weighted by Gasteiger charge is 2.16. The number of nitro groups is 1. The van der Waals surface area contributed by atoms with Gasteiger partial charge in [-0.2, -0.15) is 5.10 Å². The first-order chi connectivity index (χ1) is 12.5. The summed E-state index contributed by atoms with van der Waals surface area (Å²) in [7, 11) is 0. The van der Waals surface area contributed by atoms with Crippen LogP contribution in [0.5, 0.6) is 11.5 Å². The molecule has 1 N–H and O–H groups in total. The number of nitro benzene ring substituents is 1. The van der Waals surface area contributed by atoms with Gasteiger partial charge >= 0.3 is 5.69 Å². The Bertz CT molecular complexity index is 806. The van der Waals surface area contributed by atoms with Crippen LogP contribution in [0.25, 0.3) is 0 Å². The molecular formula is C18H19N3O5. The predicted octanol–water partition coefficient (Wildman–Crippen LogP) is 2.91. The fraction of sp³-hybridized carbons (Fsp3) is 0.222. The number of carbonyl (C=O) groups is 1. The van der Waals surface area contributed by atoms with Crippen molar-refractivity contribution in [1.29, 1.82) is 0 Å². The number of rotatable bonds is 8. The first-order valence-electron chi connectivity index (χ1n) is 7.94. The van der Waals surface area contributed by atoms with E-state index in [1.165, 1.54) is 12.1 Å². The molecule has 0 saturated heterocycles. The molecule has 0 aliphatic rings. The van der Waals surface area contributed by atoms with Gasteiger partial charge < -0.3 is 9.47 Å². The number of amides is 1. The molecule has 8 heteroatoms. The third-order valence-corrected chi connectivity index (χ3v) is 3.33. The van der Waals surface area contributed by atoms with Crippen LogP contribution in [0.2, 0.25) is 0 Å². The number of nitrogens with zero attached hydrogens (tertiary/aromatic N) is 2. The highest BCUT2D eigenvalue weighted by molar-refractivity contribution is 6.00. The number of hydrogen-bond acceptors (Lipinski definition) is 6. The van der Waals surface area contributed by atoms with E-state index in [9.17, 15) is 14.9 Å². The molecule has 2 aromatic carbocycles. The number of carbonyl (C=O) groups excluding carboxylic acids is 1. The van der Waals surface area contributed by atoms with Crippen LogP contribution in [0, 0.1) is 10.1 Å². The molecule has 0 bridgehead atoms. The van der Waals surface area contributed by atoms with Crippen molar-refractivity contribution in [3.63, 3.8) is 0 Å². The Morgan fingerprint density at radius 1 is 1.19 bits per heavy atom. The second kappa shape index (κ2) is 9.16. The van der Waals surface area contributed by atoms with Gasteiger partial charge in [-0.1, -0.05) is 18.2 Å². The van der Waals surface area contributed by atoms with Gasteiger partial charge in [0, 0.05) is 11.6 Å². The number of para-hydroxylation sites is 1. The maximum atomic E-state index is 11.8. The zero-order chi connectivity index (χ0) is 18.9. The lowest BCUT2D eigenvalue weighted by Crippen LogP contribution is -2.25. The Morgan fingerprint density at radius 3 is 2.58 bits per heavy atom. The van der Waals surface area contributed by atoms with Crippen molar-refractivity contribution in [3.05, 3.63) is 64.2 Å². The molecule has 0 heterocycles. The summed E-state index contributed by atoms with van der Waals surface area (Å²) in [6.45, 7) is 3.52. The van der Waals surface area contributed by atoms with E-state index in [1.807, 2.05) is 6.07 Å². The molecule has 8 nitrogen and oxygen atoms in total. The lowest BCUT2D eigenvalue weighted by atomic mass is 10.1. The van der Waals surface area contributed by atoms with Gasteiger partial charge in [-0.3, -0.25) is 14.9 Å². The first kappa shape index (κ1) is 18.9. The minimum atomic E-state index is -0.520. The van der Waals surface area contributed by atoms with Crippen molar-refractivity contribution < 1.29 is 19.2 Å². The van der Waals surface area contributed by atoms with Crippen LogP contribution in [0.3, 0.4) is 0 Å². The van der Waals surface area contributed by atoms with Gasteiger partial charge in [0.1, 0.15) is 5.75 Å². The summed E-state index contributed by atoms with van der Waals surface area (Å²) >= 11 is 0. The Kier molecular flexibility index (Phi) is 6.67. The summed E-state index contributed by atoms with van der Waals surface area (Å²) in [5, 5.41) is 15.1. The molecule has 2 rings (SSSR count). The third kappa shape index (κ3) is 5.30. The van der Waals surface area contributed by atoms with Gasteiger partial charge in [0.05, 0.1) is 17.2 Å². The molecule has 0 radical (unpaired) electrons. The van der Waals surface area contributed by atoms with E-state index in [-0.39, 0.29) is 18.0 Å². The molecular weight excluding hydrogens is 338 g/mol. The lowest BCUT2D eigenvalue weighted by molar-refractivity contribution is -0.385. The Balaban J connectivity index is 2.01. The maximum Gasteiger partial charge on any atom is 0.311 e. The summed E-state index contributed by atoms with van der Waals surface area (Å²) in [5.41, 5.74) is 3.13. The van der Waals surface area contributed by atoms with E-state index in [4.69, 9.17) is 9.47 Å². The van der Waals surface area contributed by atoms with Gasteiger partial charge in [0.2, 0.25) is 0 Å². The molecule has 0 saturated carbocycles. The normalized spacial score (nSPS) is 10.9. The van der Waals surface area contributed by atoms with Crippen molar-refractivity contribution in [1.82, 2.24) is 5.43 Å². The van der Waals surface area contributed by atoms with Gasteiger partial charge in [0.15, 0.2) is 12.4 Å². The van der Waals surface area contributed by atoms with Gasteiger partial charge in [-0.25, -0.2) is 5.43 Å². The molecule has 0 fully saturated rings. The second-order valence-corrected chi connectivity index (χ2v) is 5.21. The quantitative estimate of drug-likeness (QED) is 0.444. The lowest BCUT2D eigenvalue weighted by Gasteiger charge is -2.07. The first-order valence-corrected chi connectivity index (χ1v) is 7.94. The molecule has 2 aromatic rings. The fourth-order valence-electron chi connectivity index (χ4n) is 2.07. The molecule has 0 spiro atoms. The smallest absolute Gasteiger partial charge is 0.311 e. The fourth-order valence-corrected chi connectivity index (χ4v) is 2.07. The van der Waals surface area contributed by atoms with Crippen LogP contribution in [0.15, 0.2) is 53.6 Å². The minimum Gasteiger partial charge on any atom is -0.487 e. The van der Waals surface area contributed by atoms with Crippen LogP contribution in [0.1, 0.15) is 19.4 Å². The number of hydrogen-bond donors (Lipinski definition) is 1. The zero-order valence-electron chi connectivity index (χ0n) is 14.5. The predicted molar refractivity (Wildman–Crippen MR) is 96.6 cm³/mol. The van der Waals surface area contributed by atoms with Crippen LogP contribution in [-0.4, -0.2) is 29.8 Å². The number of nitrogens with one attached hydrogen (secondary N) is 1. The topological polar surface area (TPSA) is 103 Å². The Morgan fingerprint density at radius 2 is 1.92 bits per heavy atom. The molecule has 1 amide bonds. The Labute approximate surface area is 150 Å². The monoisotopic (exact) mass is 357 g/mol. The summed E-state index contributed by atoms with van der Waals surface area (Å²) in [5.74, 6) is 0.327. The van der Waals surface area contributed by atoms with Crippen molar-refractivity contribution in [2.24, 2.45) is 5.10 Å². The number of benzene rings is 2. The van der Waals surface area contributed by atoms with E-state index in [2.05, 4.69) is 10.5 Å². The average molecular weight is 357 g/mol. The molecule has 26 heavy (non-hydrogen) atoms. The summed E-state index contributed by atoms with van der Waals surface area (Å²) in [6, 6.07) is 13.4. The largest absolute Gasteiger partial charge is 0.487 e. The molecule has 136 valence electrons. The van der Waals surface area contributed by atoms with Gasteiger partial charge in [-0.05, 0) is 38.1 Å². The van der Waals surface area contributed by atoms with E-state index < -0.39 is 10.8 Å². The average Bonchev–Trinajstić information content (AvgIpc) is 2.65. The van der Waals surface area contributed by atoms with Crippen LogP contribution in [-0.2, 0) is 4.79 Å². The summed E-state index contributed by atoms with van der Waals surface area (Å²) in [4.78, 5) is 22.4. The zero-order valence-corrected chi connectivity index (χ0v) is 14.5. The molecule has 0 atom stereocenters. The highest BCUT2D eigenvalue weighted by atomic mass is 16.6. The van der Waals surface area contributed by atoms with Crippen LogP contribution in [0.4, 0.5) is 5.69 Å². The van der Waals surface area contributed by atoms with Crippen LogP contribution >= 0.6 is 0 Å². The van der Waals surface area contributed by atoms with Crippen molar-refractivity contribution in [2.45, 2.75) is 13.8 Å². The molecule has 0 aliphatic heterocycles.